The maximum atomic E-state index is 5.34. The fourth-order valence-electron chi connectivity index (χ4n) is 7.92. The van der Waals surface area contributed by atoms with Crippen molar-refractivity contribution in [1.29, 1.82) is 0 Å². The fourth-order valence-corrected chi connectivity index (χ4v) is 7.92. The van der Waals surface area contributed by atoms with Gasteiger partial charge in [-0.05, 0) is 87.9 Å². The van der Waals surface area contributed by atoms with Crippen LogP contribution in [0.5, 0.6) is 0 Å². The van der Waals surface area contributed by atoms with Crippen LogP contribution in [-0.2, 0) is 38.4 Å². The van der Waals surface area contributed by atoms with Crippen LogP contribution in [-0.4, -0.2) is 4.98 Å². The van der Waals surface area contributed by atoms with Crippen molar-refractivity contribution < 1.29 is 20.1 Å². The molecule has 0 N–H and O–H groups in total. The van der Waals surface area contributed by atoms with Crippen LogP contribution in [0.25, 0.3) is 55.5 Å². The van der Waals surface area contributed by atoms with Crippen LogP contribution in [0.3, 0.4) is 0 Å². The van der Waals surface area contributed by atoms with Gasteiger partial charge in [0.05, 0.1) is 5.52 Å². The quantitative estimate of drug-likeness (QED) is 0.0834. The summed E-state index contributed by atoms with van der Waals surface area (Å²) in [6, 6.07) is 44.4. The third kappa shape index (κ3) is 7.44. The Morgan fingerprint density at radius 2 is 1.24 bits per heavy atom. The number of hydrogen-bond donors (Lipinski definition) is 0. The molecule has 257 valence electrons. The molecule has 5 aromatic carbocycles. The zero-order valence-electron chi connectivity index (χ0n) is 30.2. The zero-order chi connectivity index (χ0) is 33.8. The minimum Gasteiger partial charge on any atom is -0.296 e. The van der Waals surface area contributed by atoms with Crippen molar-refractivity contribution in [2.45, 2.75) is 97.3 Å². The van der Waals surface area contributed by atoms with Gasteiger partial charge in [0.15, 0.2) is 0 Å². The Labute approximate surface area is 314 Å². The second kappa shape index (κ2) is 16.0. The Morgan fingerprint density at radius 1 is 0.560 bits per heavy atom. The average Bonchev–Trinajstić information content (AvgIpc) is 3.37. The zero-order valence-corrected chi connectivity index (χ0v) is 32.6. The first-order valence-corrected chi connectivity index (χ1v) is 18.8. The summed E-state index contributed by atoms with van der Waals surface area (Å²) >= 11 is 0. The Morgan fingerprint density at radius 3 is 1.94 bits per heavy atom. The maximum absolute atomic E-state index is 5.34. The van der Waals surface area contributed by atoms with E-state index in [9.17, 15) is 0 Å². The van der Waals surface area contributed by atoms with Gasteiger partial charge in [-0.1, -0.05) is 162 Å². The van der Waals surface area contributed by atoms with Gasteiger partial charge in [-0.15, -0.1) is 29.3 Å². The molecule has 1 aromatic heterocycles. The number of benzene rings is 5. The molecule has 1 radical (unpaired) electrons. The minimum absolute atomic E-state index is 0. The number of aryl methyl sites for hydroxylation is 2. The van der Waals surface area contributed by atoms with E-state index in [-0.39, 0.29) is 25.5 Å². The summed E-state index contributed by atoms with van der Waals surface area (Å²) in [6.07, 6.45) is 12.5. The topological polar surface area (TPSA) is 12.9 Å². The Balaban J connectivity index is 0.00000432. The van der Waals surface area contributed by atoms with Crippen molar-refractivity contribution in [3.05, 3.63) is 138 Å². The molecule has 6 aromatic rings. The largest absolute Gasteiger partial charge is 0.296 e. The predicted molar refractivity (Wildman–Crippen MR) is 210 cm³/mol. The SMILES string of the molecule is CCCCCCc1cc(CCCCCC)cc(-c2cc(-c3[c-]cc4c(c3)C(C)(C)c3ccccc3-4)nc3ccc(-c4ccccc4)cc23)c1.[Ir]. The number of nitrogens with zero attached hydrogens (tertiary/aromatic N) is 1. The van der Waals surface area contributed by atoms with E-state index in [4.69, 9.17) is 4.98 Å². The van der Waals surface area contributed by atoms with Crippen LogP contribution < -0.4 is 0 Å². The molecule has 0 fully saturated rings. The van der Waals surface area contributed by atoms with Crippen LogP contribution in [0.4, 0.5) is 0 Å². The standard InChI is InChI=1S/C48H50N.Ir/c1-5-7-9-12-18-34-28-35(19-13-10-8-6-2)30-39(29-34)42-33-47(49-46-27-25-37(31-43(42)46)36-20-14-11-15-21-36)38-24-26-41-40-22-16-17-23-44(40)48(3,4)45(41)32-38;/h11,14-17,20-23,25-33H,5-10,12-13,18-19H2,1-4H3;/q-1;. The summed E-state index contributed by atoms with van der Waals surface area (Å²) in [5.74, 6) is 0. The van der Waals surface area contributed by atoms with Crippen LogP contribution in [0.15, 0.2) is 109 Å². The van der Waals surface area contributed by atoms with Gasteiger partial charge < -0.3 is 0 Å². The van der Waals surface area contributed by atoms with E-state index in [1.807, 2.05) is 0 Å². The molecular formula is C48H50IrN-. The van der Waals surface area contributed by atoms with Gasteiger partial charge in [0.2, 0.25) is 0 Å². The second-order valence-electron chi connectivity index (χ2n) is 14.7. The molecule has 50 heavy (non-hydrogen) atoms. The molecule has 0 saturated carbocycles. The van der Waals surface area contributed by atoms with Crippen LogP contribution in [0.1, 0.15) is 101 Å². The normalized spacial score (nSPS) is 12.8. The second-order valence-corrected chi connectivity index (χ2v) is 14.7. The number of fused-ring (bicyclic) bond motifs is 4. The number of rotatable bonds is 13. The monoisotopic (exact) mass is 833 g/mol. The Kier molecular flexibility index (Phi) is 11.5. The molecule has 1 nitrogen and oxygen atoms in total. The molecule has 0 bridgehead atoms. The minimum atomic E-state index is -0.0706. The molecule has 2 heteroatoms. The molecule has 1 aliphatic carbocycles. The molecular weight excluding hydrogens is 783 g/mol. The molecule has 0 saturated heterocycles. The molecule has 0 spiro atoms. The third-order valence-corrected chi connectivity index (χ3v) is 10.7. The predicted octanol–water partition coefficient (Wildman–Crippen LogP) is 13.6. The maximum Gasteiger partial charge on any atom is 0.0602 e. The van der Waals surface area contributed by atoms with Gasteiger partial charge in [0.25, 0.3) is 0 Å². The molecule has 0 atom stereocenters. The Hall–Kier alpha value is -3.84. The van der Waals surface area contributed by atoms with E-state index in [1.165, 1.54) is 112 Å². The van der Waals surface area contributed by atoms with Gasteiger partial charge in [0.1, 0.15) is 0 Å². The van der Waals surface area contributed by atoms with E-state index >= 15 is 0 Å². The molecule has 0 amide bonds. The number of unbranched alkanes of at least 4 members (excludes halogenated alkanes) is 6. The van der Waals surface area contributed by atoms with Gasteiger partial charge in [-0.25, -0.2) is 0 Å². The molecule has 1 aliphatic rings. The molecule has 1 heterocycles. The number of aromatic nitrogens is 1. The molecule has 0 unspecified atom stereocenters. The number of pyridine rings is 1. The average molecular weight is 833 g/mol. The van der Waals surface area contributed by atoms with Crippen molar-refractivity contribution in [2.75, 3.05) is 0 Å². The van der Waals surface area contributed by atoms with Crippen molar-refractivity contribution in [3.63, 3.8) is 0 Å². The summed E-state index contributed by atoms with van der Waals surface area (Å²) < 4.78 is 0. The first-order valence-electron chi connectivity index (χ1n) is 18.8. The van der Waals surface area contributed by atoms with Crippen molar-refractivity contribution >= 4 is 10.9 Å². The molecule has 7 rings (SSSR count). The first kappa shape index (κ1) is 36.0. The molecule has 0 aliphatic heterocycles. The van der Waals surface area contributed by atoms with Crippen molar-refractivity contribution in [2.24, 2.45) is 0 Å². The summed E-state index contributed by atoms with van der Waals surface area (Å²) in [6.45, 7) is 9.28. The van der Waals surface area contributed by atoms with Crippen LogP contribution in [0.2, 0.25) is 0 Å². The van der Waals surface area contributed by atoms with E-state index < -0.39 is 0 Å². The van der Waals surface area contributed by atoms with Gasteiger partial charge in [0, 0.05) is 25.5 Å². The van der Waals surface area contributed by atoms with Gasteiger partial charge in [-0.3, -0.25) is 4.98 Å². The summed E-state index contributed by atoms with van der Waals surface area (Å²) in [4.78, 5) is 5.34. The van der Waals surface area contributed by atoms with Crippen molar-refractivity contribution in [1.82, 2.24) is 4.98 Å². The van der Waals surface area contributed by atoms with E-state index in [0.717, 1.165) is 29.6 Å². The third-order valence-electron chi connectivity index (χ3n) is 10.7. The first-order chi connectivity index (χ1) is 24.0. The van der Waals surface area contributed by atoms with E-state index in [0.29, 0.717) is 0 Å². The summed E-state index contributed by atoms with van der Waals surface area (Å²) in [5.41, 5.74) is 16.3. The van der Waals surface area contributed by atoms with Crippen LogP contribution >= 0.6 is 0 Å². The summed E-state index contributed by atoms with van der Waals surface area (Å²) in [7, 11) is 0. The fraction of sp³-hybridized carbons (Fsp3) is 0.312. The van der Waals surface area contributed by atoms with Crippen molar-refractivity contribution in [3.8, 4) is 44.6 Å². The smallest absolute Gasteiger partial charge is 0.0602 e. The Bertz CT molecular complexity index is 2040. The van der Waals surface area contributed by atoms with E-state index in [1.54, 1.807) is 0 Å². The number of hydrogen-bond acceptors (Lipinski definition) is 1. The van der Waals surface area contributed by atoms with Gasteiger partial charge in [-0.2, -0.15) is 0 Å². The van der Waals surface area contributed by atoms with Gasteiger partial charge >= 0.3 is 0 Å². The van der Waals surface area contributed by atoms with Crippen LogP contribution in [0, 0.1) is 6.07 Å². The van der Waals surface area contributed by atoms with E-state index in [2.05, 4.69) is 143 Å². The summed E-state index contributed by atoms with van der Waals surface area (Å²) in [5, 5.41) is 1.21.